The van der Waals surface area contributed by atoms with Gasteiger partial charge in [0.2, 0.25) is 0 Å². The Morgan fingerprint density at radius 2 is 2.20 bits per heavy atom. The fraction of sp³-hybridized carbons (Fsp3) is 0.818. The van der Waals surface area contributed by atoms with Crippen LogP contribution >= 0.6 is 10.7 Å². The summed E-state index contributed by atoms with van der Waals surface area (Å²) < 4.78 is 7.72. The Bertz CT molecular complexity index is 306. The minimum atomic E-state index is -0.377. The van der Waals surface area contributed by atoms with Crippen molar-refractivity contribution in [1.82, 2.24) is 4.31 Å². The molecule has 0 amide bonds. The van der Waals surface area contributed by atoms with Gasteiger partial charge >= 0.3 is 5.30 Å². The van der Waals surface area contributed by atoms with Crippen LogP contribution in [0.1, 0.15) is 40.0 Å². The predicted molar refractivity (Wildman–Crippen MR) is 64.2 cm³/mol. The van der Waals surface area contributed by atoms with Gasteiger partial charge in [-0.15, -0.1) is 0 Å². The third-order valence-electron chi connectivity index (χ3n) is 2.68. The van der Waals surface area contributed by atoms with Crippen molar-refractivity contribution in [2.45, 2.75) is 51.7 Å². The van der Waals surface area contributed by atoms with Gasteiger partial charge in [-0.05, 0) is 56.1 Å². The number of carbonyl (C=O) groups is 1. The van der Waals surface area contributed by atoms with Crippen LogP contribution in [0.3, 0.4) is 0 Å². The summed E-state index contributed by atoms with van der Waals surface area (Å²) in [7, 11) is -0.377. The van der Waals surface area contributed by atoms with Gasteiger partial charge in [-0.1, -0.05) is 0 Å². The van der Waals surface area contributed by atoms with Crippen LogP contribution in [0.4, 0.5) is 4.79 Å². The molecule has 0 spiro atoms. The first-order valence-electron chi connectivity index (χ1n) is 5.53. The van der Waals surface area contributed by atoms with Crippen molar-refractivity contribution >= 4 is 21.3 Å². The second-order valence-corrected chi connectivity index (χ2v) is 6.87. The molecule has 3 nitrogen and oxygen atoms in total. The molecule has 0 saturated carbocycles. The van der Waals surface area contributed by atoms with Gasteiger partial charge in [0.15, 0.2) is 0 Å². The average Bonchev–Trinajstić information content (AvgIpc) is 2.03. The Kier molecular flexibility index (Phi) is 2.90. The van der Waals surface area contributed by atoms with Crippen LogP contribution in [-0.2, 0) is 4.74 Å². The minimum Gasteiger partial charge on any atom is -0.451 e. The molecule has 86 valence electrons. The predicted octanol–water partition coefficient (Wildman–Crippen LogP) is 2.78. The van der Waals surface area contributed by atoms with E-state index in [1.54, 1.807) is 0 Å². The fourth-order valence-corrected chi connectivity index (χ4v) is 3.94. The summed E-state index contributed by atoms with van der Waals surface area (Å²) in [5.41, 5.74) is -0.365. The highest BCUT2D eigenvalue weighted by Crippen LogP contribution is 2.39. The lowest BCUT2D eigenvalue weighted by atomic mass is 10.0. The van der Waals surface area contributed by atoms with E-state index in [1.807, 2.05) is 20.8 Å². The van der Waals surface area contributed by atoms with E-state index in [-0.39, 0.29) is 21.6 Å². The molecule has 2 unspecified atom stereocenters. The van der Waals surface area contributed by atoms with Crippen LogP contribution in [0, 0.1) is 0 Å². The lowest BCUT2D eigenvalue weighted by molar-refractivity contribution is 0.0717. The van der Waals surface area contributed by atoms with Crippen LogP contribution in [0.15, 0.2) is 0 Å². The van der Waals surface area contributed by atoms with Gasteiger partial charge in [-0.25, -0.2) is 9.10 Å². The highest BCUT2D eigenvalue weighted by molar-refractivity contribution is 8.25. The third kappa shape index (κ3) is 2.42. The van der Waals surface area contributed by atoms with E-state index in [2.05, 4.69) is 9.67 Å². The molecule has 2 aliphatic rings. The van der Waals surface area contributed by atoms with Crippen molar-refractivity contribution in [3.8, 4) is 0 Å². The Morgan fingerprint density at radius 3 is 2.73 bits per heavy atom. The topological polar surface area (TPSA) is 29.5 Å². The summed E-state index contributed by atoms with van der Waals surface area (Å²) in [6, 6.07) is 0.644. The van der Waals surface area contributed by atoms with Gasteiger partial charge < -0.3 is 4.74 Å². The zero-order chi connectivity index (χ0) is 11.1. The van der Waals surface area contributed by atoms with Gasteiger partial charge in [0.1, 0.15) is 5.60 Å². The molecule has 15 heavy (non-hydrogen) atoms. The first kappa shape index (κ1) is 11.1. The Morgan fingerprint density at radius 1 is 1.47 bits per heavy atom. The molecule has 2 atom stereocenters. The summed E-state index contributed by atoms with van der Waals surface area (Å²) in [5.74, 6) is 0. The smallest absolute Gasteiger partial charge is 0.375 e. The number of rotatable bonds is 0. The second-order valence-electron chi connectivity index (χ2n) is 5.11. The second kappa shape index (κ2) is 3.91. The molecule has 0 aliphatic carbocycles. The van der Waals surface area contributed by atoms with E-state index in [0.717, 1.165) is 13.0 Å². The molecular formula is C11H19NO2S. The lowest BCUT2D eigenvalue weighted by Crippen LogP contribution is -2.47. The van der Waals surface area contributed by atoms with Gasteiger partial charge in [-0.2, -0.15) is 0 Å². The molecule has 2 aliphatic heterocycles. The fourth-order valence-electron chi connectivity index (χ4n) is 1.89. The monoisotopic (exact) mass is 229 g/mol. The van der Waals surface area contributed by atoms with E-state index in [4.69, 9.17) is 4.74 Å². The van der Waals surface area contributed by atoms with E-state index < -0.39 is 0 Å². The average molecular weight is 229 g/mol. The van der Waals surface area contributed by atoms with Gasteiger partial charge in [0, 0.05) is 12.6 Å². The molecule has 0 aromatic carbocycles. The third-order valence-corrected chi connectivity index (χ3v) is 4.64. The van der Waals surface area contributed by atoms with Crippen molar-refractivity contribution in [1.29, 1.82) is 0 Å². The minimum absolute atomic E-state index is 0.0492. The van der Waals surface area contributed by atoms with E-state index >= 15 is 0 Å². The summed E-state index contributed by atoms with van der Waals surface area (Å²) in [6.07, 6.45) is 3.52. The maximum Gasteiger partial charge on any atom is 0.375 e. The normalized spacial score (nSPS) is 31.1. The number of ether oxygens (including phenoxy) is 1. The van der Waals surface area contributed by atoms with Gasteiger partial charge in [0.05, 0.1) is 0 Å². The summed E-state index contributed by atoms with van der Waals surface area (Å²) in [5, 5.41) is 2.08. The number of hydrogen-bond acceptors (Lipinski definition) is 3. The zero-order valence-corrected chi connectivity index (χ0v) is 10.5. The molecule has 0 bridgehead atoms. The van der Waals surface area contributed by atoms with E-state index in [0.29, 0.717) is 6.04 Å². The maximum atomic E-state index is 11.9. The van der Waals surface area contributed by atoms with Crippen LogP contribution in [0.25, 0.3) is 0 Å². The summed E-state index contributed by atoms with van der Waals surface area (Å²) >= 11 is 0. The first-order valence-corrected chi connectivity index (χ1v) is 6.78. The molecule has 2 heterocycles. The summed E-state index contributed by atoms with van der Waals surface area (Å²) in [6.45, 7) is 6.83. The van der Waals surface area contributed by atoms with Crippen molar-refractivity contribution in [3.05, 3.63) is 0 Å². The van der Waals surface area contributed by atoms with Crippen molar-refractivity contribution in [2.24, 2.45) is 0 Å². The Labute approximate surface area is 93.8 Å². The van der Waals surface area contributed by atoms with Gasteiger partial charge in [-0.3, -0.25) is 0 Å². The molecule has 1 saturated heterocycles. The van der Waals surface area contributed by atoms with Crippen molar-refractivity contribution < 1.29 is 9.53 Å². The largest absolute Gasteiger partial charge is 0.451 e. The highest BCUT2D eigenvalue weighted by Gasteiger charge is 2.36. The van der Waals surface area contributed by atoms with Crippen LogP contribution in [0.2, 0.25) is 0 Å². The molecular weight excluding hydrogens is 210 g/mol. The van der Waals surface area contributed by atoms with Crippen LogP contribution < -0.4 is 0 Å². The molecule has 2 rings (SSSR count). The van der Waals surface area contributed by atoms with Gasteiger partial charge in [0.25, 0.3) is 0 Å². The number of nitrogens with zero attached hydrogens (tertiary/aromatic N) is 1. The van der Waals surface area contributed by atoms with Crippen LogP contribution in [0.5, 0.6) is 0 Å². The zero-order valence-electron chi connectivity index (χ0n) is 9.66. The Hall–Kier alpha value is -0.350. The molecule has 0 radical (unpaired) electrons. The highest BCUT2D eigenvalue weighted by atomic mass is 32.2. The standard InChI is InChI=1S/C11H19NO2S/c1-11(2,3)14-10(13)15-8-4-5-9-6-7-12(9)15/h8-9H,4-7H2,1-3H3. The number of carbonyl (C=O) groups excluding carboxylic acids is 1. The Balaban J connectivity index is 2.03. The first-order chi connectivity index (χ1) is 6.97. The number of fused-ring (bicyclic) bond motifs is 1. The molecule has 0 aromatic rings. The van der Waals surface area contributed by atoms with Crippen molar-refractivity contribution in [2.75, 3.05) is 6.54 Å². The molecule has 1 fully saturated rings. The van der Waals surface area contributed by atoms with Crippen LogP contribution in [-0.4, -0.2) is 33.2 Å². The maximum absolute atomic E-state index is 11.9. The van der Waals surface area contributed by atoms with E-state index in [9.17, 15) is 4.79 Å². The number of hydrogen-bond donors (Lipinski definition) is 0. The lowest BCUT2D eigenvalue weighted by Gasteiger charge is -2.44. The molecule has 0 N–H and O–H groups in total. The van der Waals surface area contributed by atoms with E-state index in [1.165, 1.54) is 12.8 Å². The molecule has 4 heteroatoms. The van der Waals surface area contributed by atoms with Crippen molar-refractivity contribution in [3.63, 3.8) is 0 Å². The summed E-state index contributed by atoms with van der Waals surface area (Å²) in [4.78, 5) is 11.9. The quantitative estimate of drug-likeness (QED) is 0.472. The molecule has 0 aromatic heterocycles. The SMILES string of the molecule is CC(C)(C)OC(=O)S1=CCCC2CCN21.